The standard InChI is InChI=1S/C10H14N2O2/c1-5-9(6(2)12(3)11-5)7-4-8(7)10(13)14/h7-8H,4H2,1-3H3,(H,13,14)/t7-,8-/m1/s1. The third kappa shape index (κ3) is 1.22. The highest BCUT2D eigenvalue weighted by Gasteiger charge is 2.46. The lowest BCUT2D eigenvalue weighted by Crippen LogP contribution is -2.00. The molecule has 1 aliphatic carbocycles. The molecule has 2 rings (SSSR count). The number of carbonyl (C=O) groups is 1. The quantitative estimate of drug-likeness (QED) is 0.770. The lowest BCUT2D eigenvalue weighted by molar-refractivity contribution is -0.138. The lowest BCUT2D eigenvalue weighted by atomic mass is 10.1. The number of rotatable bonds is 2. The fourth-order valence-corrected chi connectivity index (χ4v) is 2.11. The predicted molar refractivity (Wildman–Crippen MR) is 51.2 cm³/mol. The predicted octanol–water partition coefficient (Wildman–Crippen LogP) is 1.23. The molecule has 2 atom stereocenters. The van der Waals surface area contributed by atoms with Gasteiger partial charge in [0, 0.05) is 18.7 Å². The third-order valence-electron chi connectivity index (χ3n) is 3.04. The van der Waals surface area contributed by atoms with E-state index >= 15 is 0 Å². The largest absolute Gasteiger partial charge is 0.481 e. The van der Waals surface area contributed by atoms with Crippen LogP contribution in [0.1, 0.15) is 29.3 Å². The summed E-state index contributed by atoms with van der Waals surface area (Å²) in [5.41, 5.74) is 3.20. The van der Waals surface area contributed by atoms with Gasteiger partial charge in [0.15, 0.2) is 0 Å². The van der Waals surface area contributed by atoms with Gasteiger partial charge in [0.1, 0.15) is 0 Å². The van der Waals surface area contributed by atoms with Gasteiger partial charge in [0.2, 0.25) is 0 Å². The average Bonchev–Trinajstić information content (AvgIpc) is 2.79. The van der Waals surface area contributed by atoms with E-state index in [1.807, 2.05) is 25.6 Å². The van der Waals surface area contributed by atoms with Crippen molar-refractivity contribution < 1.29 is 9.90 Å². The van der Waals surface area contributed by atoms with Gasteiger partial charge in [0.05, 0.1) is 11.6 Å². The SMILES string of the molecule is Cc1nn(C)c(C)c1[C@@H]1C[C@H]1C(=O)O. The summed E-state index contributed by atoms with van der Waals surface area (Å²) in [6.07, 6.45) is 0.767. The van der Waals surface area contributed by atoms with Crippen LogP contribution in [0.5, 0.6) is 0 Å². The molecule has 4 heteroatoms. The summed E-state index contributed by atoms with van der Waals surface area (Å²) in [5, 5.41) is 13.1. The Labute approximate surface area is 82.5 Å². The maximum atomic E-state index is 10.7. The Bertz CT molecular complexity index is 395. The molecule has 4 nitrogen and oxygen atoms in total. The molecule has 1 heterocycles. The van der Waals surface area contributed by atoms with Crippen LogP contribution in [0.15, 0.2) is 0 Å². The Balaban J connectivity index is 2.31. The summed E-state index contributed by atoms with van der Waals surface area (Å²) in [7, 11) is 1.89. The number of carboxylic acids is 1. The Morgan fingerprint density at radius 3 is 2.57 bits per heavy atom. The molecule has 0 spiro atoms. The van der Waals surface area contributed by atoms with Crippen molar-refractivity contribution in [2.24, 2.45) is 13.0 Å². The van der Waals surface area contributed by atoms with E-state index in [1.54, 1.807) is 0 Å². The van der Waals surface area contributed by atoms with Crippen molar-refractivity contribution in [1.29, 1.82) is 0 Å². The van der Waals surface area contributed by atoms with E-state index in [4.69, 9.17) is 5.11 Å². The minimum Gasteiger partial charge on any atom is -0.481 e. The fraction of sp³-hybridized carbons (Fsp3) is 0.600. The topological polar surface area (TPSA) is 55.1 Å². The van der Waals surface area contributed by atoms with Gasteiger partial charge >= 0.3 is 5.97 Å². The van der Waals surface area contributed by atoms with Gasteiger partial charge in [-0.15, -0.1) is 0 Å². The van der Waals surface area contributed by atoms with E-state index in [0.29, 0.717) is 0 Å². The molecule has 1 N–H and O–H groups in total. The molecular formula is C10H14N2O2. The second-order valence-corrected chi connectivity index (χ2v) is 4.00. The van der Waals surface area contributed by atoms with E-state index in [2.05, 4.69) is 5.10 Å². The Hall–Kier alpha value is -1.32. The number of hydrogen-bond donors (Lipinski definition) is 1. The van der Waals surface area contributed by atoms with Gasteiger partial charge in [0.25, 0.3) is 0 Å². The fourth-order valence-electron chi connectivity index (χ4n) is 2.11. The molecule has 1 saturated carbocycles. The summed E-state index contributed by atoms with van der Waals surface area (Å²) in [5.74, 6) is -0.671. The summed E-state index contributed by atoms with van der Waals surface area (Å²) in [6, 6.07) is 0. The molecule has 14 heavy (non-hydrogen) atoms. The van der Waals surface area contributed by atoms with E-state index in [1.165, 1.54) is 0 Å². The minimum absolute atomic E-state index is 0.184. The molecule has 0 unspecified atom stereocenters. The van der Waals surface area contributed by atoms with Gasteiger partial charge in [-0.05, 0) is 25.8 Å². The first-order valence-corrected chi connectivity index (χ1v) is 4.75. The first-order chi connectivity index (χ1) is 6.52. The van der Waals surface area contributed by atoms with Crippen LogP contribution in [0.25, 0.3) is 0 Å². The number of aliphatic carboxylic acids is 1. The van der Waals surface area contributed by atoms with Crippen LogP contribution < -0.4 is 0 Å². The van der Waals surface area contributed by atoms with E-state index < -0.39 is 5.97 Å². The average molecular weight is 194 g/mol. The molecule has 1 aromatic heterocycles. The summed E-state index contributed by atoms with van der Waals surface area (Å²) < 4.78 is 1.82. The molecule has 0 saturated heterocycles. The second kappa shape index (κ2) is 2.83. The first kappa shape index (κ1) is 9.24. The van der Waals surface area contributed by atoms with Gasteiger partial charge in [-0.1, -0.05) is 0 Å². The Kier molecular flexibility index (Phi) is 1.87. The van der Waals surface area contributed by atoms with Gasteiger partial charge in [-0.25, -0.2) is 0 Å². The zero-order chi connectivity index (χ0) is 10.5. The molecule has 0 aromatic carbocycles. The van der Waals surface area contributed by atoms with Gasteiger partial charge in [-0.2, -0.15) is 5.10 Å². The van der Waals surface area contributed by atoms with Crippen LogP contribution in [0.2, 0.25) is 0 Å². The summed E-state index contributed by atoms with van der Waals surface area (Å²) in [6.45, 7) is 3.94. The van der Waals surface area contributed by atoms with Crippen LogP contribution in [0, 0.1) is 19.8 Å². The normalized spacial score (nSPS) is 25.1. The third-order valence-corrected chi connectivity index (χ3v) is 3.04. The monoisotopic (exact) mass is 194 g/mol. The van der Waals surface area contributed by atoms with Crippen molar-refractivity contribution in [3.8, 4) is 0 Å². The van der Waals surface area contributed by atoms with Crippen LogP contribution in [0.4, 0.5) is 0 Å². The first-order valence-electron chi connectivity index (χ1n) is 4.75. The zero-order valence-electron chi connectivity index (χ0n) is 8.61. The molecule has 1 aromatic rings. The van der Waals surface area contributed by atoms with Gasteiger partial charge in [-0.3, -0.25) is 9.48 Å². The van der Waals surface area contributed by atoms with E-state index in [0.717, 1.165) is 23.4 Å². The number of hydrogen-bond acceptors (Lipinski definition) is 2. The second-order valence-electron chi connectivity index (χ2n) is 4.00. The maximum Gasteiger partial charge on any atom is 0.307 e. The van der Waals surface area contributed by atoms with Crippen molar-refractivity contribution in [1.82, 2.24) is 9.78 Å². The lowest BCUT2D eigenvalue weighted by Gasteiger charge is -1.98. The molecule has 0 bridgehead atoms. The number of nitrogens with zero attached hydrogens (tertiary/aromatic N) is 2. The molecule has 0 radical (unpaired) electrons. The number of carboxylic acid groups (broad SMARTS) is 1. The van der Waals surface area contributed by atoms with Crippen molar-refractivity contribution in [3.05, 3.63) is 17.0 Å². The minimum atomic E-state index is -0.683. The highest BCUT2D eigenvalue weighted by molar-refractivity contribution is 5.75. The van der Waals surface area contributed by atoms with Crippen LogP contribution >= 0.6 is 0 Å². The van der Waals surface area contributed by atoms with Gasteiger partial charge < -0.3 is 5.11 Å². The highest BCUT2D eigenvalue weighted by Crippen LogP contribution is 2.49. The highest BCUT2D eigenvalue weighted by atomic mass is 16.4. The molecule has 0 amide bonds. The van der Waals surface area contributed by atoms with Crippen molar-refractivity contribution >= 4 is 5.97 Å². The molecule has 0 aliphatic heterocycles. The van der Waals surface area contributed by atoms with E-state index in [9.17, 15) is 4.79 Å². The van der Waals surface area contributed by atoms with E-state index in [-0.39, 0.29) is 11.8 Å². The maximum absolute atomic E-state index is 10.7. The van der Waals surface area contributed by atoms with Crippen LogP contribution in [0.3, 0.4) is 0 Å². The molecule has 1 aliphatic rings. The summed E-state index contributed by atoms with van der Waals surface area (Å²) in [4.78, 5) is 10.7. The molecule has 76 valence electrons. The molecule has 1 fully saturated rings. The Morgan fingerprint density at radius 1 is 1.57 bits per heavy atom. The zero-order valence-corrected chi connectivity index (χ0v) is 8.61. The van der Waals surface area contributed by atoms with Crippen molar-refractivity contribution in [3.63, 3.8) is 0 Å². The van der Waals surface area contributed by atoms with Crippen LogP contribution in [-0.4, -0.2) is 20.9 Å². The Morgan fingerprint density at radius 2 is 2.21 bits per heavy atom. The summed E-state index contributed by atoms with van der Waals surface area (Å²) >= 11 is 0. The van der Waals surface area contributed by atoms with Crippen molar-refractivity contribution in [2.75, 3.05) is 0 Å². The van der Waals surface area contributed by atoms with Crippen molar-refractivity contribution in [2.45, 2.75) is 26.2 Å². The smallest absolute Gasteiger partial charge is 0.307 e. The number of aromatic nitrogens is 2. The molecular weight excluding hydrogens is 180 g/mol. The van der Waals surface area contributed by atoms with Crippen LogP contribution in [-0.2, 0) is 11.8 Å². The number of aryl methyl sites for hydroxylation is 2.